The summed E-state index contributed by atoms with van der Waals surface area (Å²) < 4.78 is 0. The average molecular weight is 177 g/mol. The van der Waals surface area contributed by atoms with Crippen molar-refractivity contribution in [3.63, 3.8) is 0 Å². The molecule has 1 rings (SSSR count). The Morgan fingerprint density at radius 3 is 2.67 bits per heavy atom. The van der Waals surface area contributed by atoms with Gasteiger partial charge in [-0.3, -0.25) is 10.0 Å². The lowest BCUT2D eigenvalue weighted by Gasteiger charge is -2.24. The highest BCUT2D eigenvalue weighted by atomic mass is 16.6. The first kappa shape index (κ1) is 9.40. The van der Waals surface area contributed by atoms with E-state index < -0.39 is 17.8 Å². The fourth-order valence-corrected chi connectivity index (χ4v) is 1.07. The summed E-state index contributed by atoms with van der Waals surface area (Å²) in [5, 5.41) is 36.1. The molecule has 0 aromatic heterocycles. The molecular weight excluding hydrogens is 166 g/mol. The number of nitrogens with zero attached hydrogens (tertiary/aromatic N) is 1. The first-order valence-corrected chi connectivity index (χ1v) is 3.60. The first-order valence-electron chi connectivity index (χ1n) is 3.60. The van der Waals surface area contributed by atoms with E-state index >= 15 is 0 Å². The van der Waals surface area contributed by atoms with Crippen LogP contribution >= 0.6 is 0 Å². The molecule has 0 saturated carbocycles. The molecule has 12 heavy (non-hydrogen) atoms. The standard InChI is InChI=1S/C6H11NO5/c8-4-2-1-3-7(12)5(9)6(4,10)11/h4,8,10-12H,1-3H2. The summed E-state index contributed by atoms with van der Waals surface area (Å²) in [5.41, 5.74) is 0. The van der Waals surface area contributed by atoms with Gasteiger partial charge in [0.05, 0.1) is 0 Å². The molecule has 0 aromatic carbocycles. The Labute approximate surface area is 68.6 Å². The van der Waals surface area contributed by atoms with Gasteiger partial charge in [0.1, 0.15) is 6.10 Å². The van der Waals surface area contributed by atoms with Gasteiger partial charge in [-0.25, -0.2) is 5.06 Å². The second kappa shape index (κ2) is 2.98. The molecule has 1 aliphatic rings. The van der Waals surface area contributed by atoms with Crippen molar-refractivity contribution in [1.29, 1.82) is 0 Å². The molecule has 0 aliphatic carbocycles. The summed E-state index contributed by atoms with van der Waals surface area (Å²) in [6.07, 6.45) is -1.15. The van der Waals surface area contributed by atoms with E-state index in [1.165, 1.54) is 0 Å². The Balaban J connectivity index is 2.85. The summed E-state index contributed by atoms with van der Waals surface area (Å²) >= 11 is 0. The van der Waals surface area contributed by atoms with Crippen LogP contribution < -0.4 is 0 Å². The molecule has 6 heteroatoms. The fraction of sp³-hybridized carbons (Fsp3) is 0.833. The maximum absolute atomic E-state index is 10.9. The lowest BCUT2D eigenvalue weighted by Crippen LogP contribution is -2.53. The van der Waals surface area contributed by atoms with Gasteiger partial charge in [-0.2, -0.15) is 0 Å². The van der Waals surface area contributed by atoms with E-state index in [9.17, 15) is 4.79 Å². The molecule has 1 saturated heterocycles. The van der Waals surface area contributed by atoms with Gasteiger partial charge in [0.15, 0.2) is 0 Å². The van der Waals surface area contributed by atoms with Gasteiger partial charge < -0.3 is 15.3 Å². The highest BCUT2D eigenvalue weighted by Gasteiger charge is 2.45. The van der Waals surface area contributed by atoms with E-state index in [1.54, 1.807) is 0 Å². The molecule has 1 aliphatic heterocycles. The van der Waals surface area contributed by atoms with Crippen molar-refractivity contribution >= 4 is 5.91 Å². The van der Waals surface area contributed by atoms with E-state index in [0.717, 1.165) is 0 Å². The molecule has 1 unspecified atom stereocenters. The van der Waals surface area contributed by atoms with Crippen LogP contribution in [0, 0.1) is 0 Å². The van der Waals surface area contributed by atoms with Crippen LogP contribution in [-0.2, 0) is 4.79 Å². The second-order valence-electron chi connectivity index (χ2n) is 2.81. The number of hydrogen-bond donors (Lipinski definition) is 4. The molecule has 0 bridgehead atoms. The van der Waals surface area contributed by atoms with Crippen molar-refractivity contribution in [2.45, 2.75) is 24.7 Å². The van der Waals surface area contributed by atoms with Gasteiger partial charge >= 0.3 is 5.91 Å². The summed E-state index contributed by atoms with van der Waals surface area (Å²) in [7, 11) is 0. The minimum Gasteiger partial charge on any atom is -0.387 e. The number of hydrogen-bond acceptors (Lipinski definition) is 5. The molecule has 4 N–H and O–H groups in total. The van der Waals surface area contributed by atoms with Crippen molar-refractivity contribution in [3.8, 4) is 0 Å². The first-order chi connectivity index (χ1) is 5.46. The lowest BCUT2D eigenvalue weighted by molar-refractivity contribution is -0.244. The molecule has 1 fully saturated rings. The molecule has 0 spiro atoms. The molecule has 1 amide bonds. The fourth-order valence-electron chi connectivity index (χ4n) is 1.07. The van der Waals surface area contributed by atoms with E-state index in [1.807, 2.05) is 0 Å². The third-order valence-corrected chi connectivity index (χ3v) is 1.86. The minimum absolute atomic E-state index is 0.00123. The maximum Gasteiger partial charge on any atom is 0.308 e. The Morgan fingerprint density at radius 2 is 2.08 bits per heavy atom. The highest BCUT2D eigenvalue weighted by Crippen LogP contribution is 2.18. The summed E-state index contributed by atoms with van der Waals surface area (Å²) in [6, 6.07) is 0. The number of carbonyl (C=O) groups excluding carboxylic acids is 1. The van der Waals surface area contributed by atoms with Gasteiger partial charge in [-0.05, 0) is 12.8 Å². The zero-order chi connectivity index (χ0) is 9.35. The van der Waals surface area contributed by atoms with Crippen LogP contribution in [0.25, 0.3) is 0 Å². The Morgan fingerprint density at radius 1 is 1.50 bits per heavy atom. The van der Waals surface area contributed by atoms with Crippen molar-refractivity contribution in [1.82, 2.24) is 5.06 Å². The zero-order valence-electron chi connectivity index (χ0n) is 6.34. The van der Waals surface area contributed by atoms with Crippen LogP contribution in [0.3, 0.4) is 0 Å². The normalized spacial score (nSPS) is 30.2. The summed E-state index contributed by atoms with van der Waals surface area (Å²) in [5.74, 6) is -4.14. The van der Waals surface area contributed by atoms with Crippen LogP contribution in [0.5, 0.6) is 0 Å². The molecular formula is C6H11NO5. The number of aliphatic hydroxyl groups is 3. The number of carbonyl (C=O) groups is 1. The molecule has 1 atom stereocenters. The quantitative estimate of drug-likeness (QED) is 0.254. The smallest absolute Gasteiger partial charge is 0.308 e. The molecule has 0 radical (unpaired) electrons. The Hall–Kier alpha value is -0.690. The van der Waals surface area contributed by atoms with Gasteiger partial charge in [-0.15, -0.1) is 0 Å². The monoisotopic (exact) mass is 177 g/mol. The third-order valence-electron chi connectivity index (χ3n) is 1.86. The van der Waals surface area contributed by atoms with E-state index in [-0.39, 0.29) is 18.0 Å². The Kier molecular flexibility index (Phi) is 2.34. The van der Waals surface area contributed by atoms with E-state index in [0.29, 0.717) is 6.42 Å². The number of hydroxylamine groups is 2. The van der Waals surface area contributed by atoms with Gasteiger partial charge in [0, 0.05) is 6.54 Å². The molecule has 0 aromatic rings. The van der Waals surface area contributed by atoms with Crippen molar-refractivity contribution in [2.75, 3.05) is 6.54 Å². The van der Waals surface area contributed by atoms with E-state index in [4.69, 9.17) is 20.5 Å². The van der Waals surface area contributed by atoms with Gasteiger partial charge in [0.25, 0.3) is 5.79 Å². The average Bonchev–Trinajstić information content (AvgIpc) is 2.07. The SMILES string of the molecule is O=C1N(O)CCCC(O)C1(O)O. The van der Waals surface area contributed by atoms with E-state index in [2.05, 4.69) is 0 Å². The van der Waals surface area contributed by atoms with Crippen molar-refractivity contribution in [2.24, 2.45) is 0 Å². The minimum atomic E-state index is -2.86. The third kappa shape index (κ3) is 1.42. The van der Waals surface area contributed by atoms with Crippen LogP contribution in [-0.4, -0.2) is 49.9 Å². The van der Waals surface area contributed by atoms with Crippen LogP contribution in [0.1, 0.15) is 12.8 Å². The van der Waals surface area contributed by atoms with Gasteiger partial charge in [0.2, 0.25) is 0 Å². The summed E-state index contributed by atoms with van der Waals surface area (Å²) in [4.78, 5) is 10.9. The van der Waals surface area contributed by atoms with Crippen LogP contribution in [0.15, 0.2) is 0 Å². The van der Waals surface area contributed by atoms with Gasteiger partial charge in [-0.1, -0.05) is 0 Å². The number of rotatable bonds is 0. The molecule has 70 valence electrons. The van der Waals surface area contributed by atoms with Crippen molar-refractivity contribution < 1.29 is 25.3 Å². The lowest BCUT2D eigenvalue weighted by atomic mass is 10.1. The number of amides is 1. The topological polar surface area (TPSA) is 101 Å². The maximum atomic E-state index is 10.9. The number of aliphatic hydroxyl groups excluding tert-OH is 1. The zero-order valence-corrected chi connectivity index (χ0v) is 6.34. The van der Waals surface area contributed by atoms with Crippen LogP contribution in [0.4, 0.5) is 0 Å². The highest BCUT2D eigenvalue weighted by molar-refractivity contribution is 5.83. The molecule has 6 nitrogen and oxygen atoms in total. The summed E-state index contributed by atoms with van der Waals surface area (Å²) in [6.45, 7) is -0.00123. The van der Waals surface area contributed by atoms with Crippen molar-refractivity contribution in [3.05, 3.63) is 0 Å². The molecule has 1 heterocycles. The Bertz CT molecular complexity index is 192. The largest absolute Gasteiger partial charge is 0.387 e. The predicted octanol–water partition coefficient (Wildman–Crippen LogP) is -1.96. The second-order valence-corrected chi connectivity index (χ2v) is 2.81. The predicted molar refractivity (Wildman–Crippen MR) is 35.9 cm³/mol. The van der Waals surface area contributed by atoms with Crippen LogP contribution in [0.2, 0.25) is 0 Å².